The van der Waals surface area contributed by atoms with Gasteiger partial charge in [0.2, 0.25) is 0 Å². The Balaban J connectivity index is 2.35. The van der Waals surface area contributed by atoms with Crippen LogP contribution in [0.25, 0.3) is 0 Å². The average Bonchev–Trinajstić information content (AvgIpc) is 2.34. The first-order chi connectivity index (χ1) is 9.28. The number of hydrogen-bond acceptors (Lipinski definition) is 3. The third kappa shape index (κ3) is 6.78. The molecule has 0 aliphatic heterocycles. The van der Waals surface area contributed by atoms with E-state index in [9.17, 15) is 9.90 Å². The van der Waals surface area contributed by atoms with Crippen molar-refractivity contribution in [3.05, 3.63) is 35.9 Å². The number of alkyl carbamates (subject to hydrolysis) is 1. The third-order valence-electron chi connectivity index (χ3n) is 2.56. The Morgan fingerprint density at radius 3 is 2.50 bits per heavy atom. The Hall–Kier alpha value is -1.26. The first kappa shape index (κ1) is 16.8. The van der Waals surface area contributed by atoms with Crippen molar-refractivity contribution in [3.8, 4) is 0 Å². The second-order valence-corrected chi connectivity index (χ2v) is 6.11. The highest BCUT2D eigenvalue weighted by molar-refractivity contribution is 6.21. The lowest BCUT2D eigenvalue weighted by atomic mass is 10.1. The van der Waals surface area contributed by atoms with Crippen LogP contribution in [0.3, 0.4) is 0 Å². The van der Waals surface area contributed by atoms with E-state index in [2.05, 4.69) is 5.32 Å². The highest BCUT2D eigenvalue weighted by atomic mass is 35.5. The van der Waals surface area contributed by atoms with Gasteiger partial charge in [0, 0.05) is 0 Å². The molecule has 0 heterocycles. The maximum absolute atomic E-state index is 11.5. The summed E-state index contributed by atoms with van der Waals surface area (Å²) in [6, 6.07) is 9.79. The number of amides is 1. The van der Waals surface area contributed by atoms with Gasteiger partial charge in [0.1, 0.15) is 11.1 Å². The summed E-state index contributed by atoms with van der Waals surface area (Å²) >= 11 is 5.96. The molecule has 2 N–H and O–H groups in total. The van der Waals surface area contributed by atoms with Crippen LogP contribution in [-0.4, -0.2) is 28.4 Å². The molecule has 1 amide bonds. The summed E-state index contributed by atoms with van der Waals surface area (Å²) in [5.41, 5.74) is -0.336. The van der Waals surface area contributed by atoms with Gasteiger partial charge in [-0.2, -0.15) is 0 Å². The Bertz CT molecular complexity index is 417. The summed E-state index contributed by atoms with van der Waals surface area (Å²) in [7, 11) is 0. The number of rotatable bonds is 5. The maximum Gasteiger partial charge on any atom is 0.408 e. The molecular weight excluding hydrogens is 278 g/mol. The van der Waals surface area contributed by atoms with Crippen molar-refractivity contribution in [2.45, 2.75) is 50.8 Å². The van der Waals surface area contributed by atoms with E-state index in [1.165, 1.54) is 0 Å². The molecule has 0 fully saturated rings. The van der Waals surface area contributed by atoms with Gasteiger partial charge in [-0.05, 0) is 39.2 Å². The van der Waals surface area contributed by atoms with Gasteiger partial charge in [0.25, 0.3) is 0 Å². The molecule has 0 saturated carbocycles. The highest BCUT2D eigenvalue weighted by Crippen LogP contribution is 2.11. The number of nitrogens with one attached hydrogen (secondary N) is 1. The summed E-state index contributed by atoms with van der Waals surface area (Å²) in [6.07, 6.45) is -0.296. The highest BCUT2D eigenvalue weighted by Gasteiger charge is 2.22. The standard InChI is InChI=1S/C15H22ClNO3/c1-15(2,3)20-14(19)17-13(16)12(18)10-9-11-7-5-4-6-8-11/h4-8,12-13,18H,9-10H2,1-3H3,(H,17,19). The Morgan fingerprint density at radius 1 is 1.35 bits per heavy atom. The number of ether oxygens (including phenoxy) is 1. The van der Waals surface area contributed by atoms with Crippen LogP contribution in [0, 0.1) is 0 Å². The number of benzene rings is 1. The molecule has 0 saturated heterocycles. The zero-order chi connectivity index (χ0) is 15.2. The molecule has 0 aliphatic carbocycles. The summed E-state index contributed by atoms with van der Waals surface area (Å²) in [5, 5.41) is 12.4. The molecule has 1 aromatic rings. The van der Waals surface area contributed by atoms with Gasteiger partial charge < -0.3 is 15.2 Å². The van der Waals surface area contributed by atoms with Crippen molar-refractivity contribution in [2.24, 2.45) is 0 Å². The van der Waals surface area contributed by atoms with Gasteiger partial charge in [-0.25, -0.2) is 4.79 Å². The van der Waals surface area contributed by atoms with Gasteiger partial charge >= 0.3 is 6.09 Å². The normalized spacial score (nSPS) is 14.4. The van der Waals surface area contributed by atoms with Crippen molar-refractivity contribution in [1.29, 1.82) is 0 Å². The molecule has 2 unspecified atom stereocenters. The largest absolute Gasteiger partial charge is 0.444 e. The van der Waals surface area contributed by atoms with Gasteiger partial charge in [0.05, 0.1) is 6.10 Å². The lowest BCUT2D eigenvalue weighted by molar-refractivity contribution is 0.0468. The Labute approximate surface area is 125 Å². The zero-order valence-electron chi connectivity index (χ0n) is 12.1. The minimum absolute atomic E-state index is 0.466. The van der Waals surface area contributed by atoms with Gasteiger partial charge in [-0.3, -0.25) is 0 Å². The molecule has 4 nitrogen and oxygen atoms in total. The van der Waals surface area contributed by atoms with Crippen molar-refractivity contribution < 1.29 is 14.6 Å². The smallest absolute Gasteiger partial charge is 0.408 e. The molecule has 1 rings (SSSR count). The van der Waals surface area contributed by atoms with E-state index in [1.54, 1.807) is 20.8 Å². The SMILES string of the molecule is CC(C)(C)OC(=O)NC(Cl)C(O)CCc1ccccc1. The lowest BCUT2D eigenvalue weighted by Gasteiger charge is -2.23. The van der Waals surface area contributed by atoms with E-state index in [-0.39, 0.29) is 0 Å². The van der Waals surface area contributed by atoms with Crippen LogP contribution in [0.15, 0.2) is 30.3 Å². The van der Waals surface area contributed by atoms with E-state index in [0.29, 0.717) is 12.8 Å². The summed E-state index contributed by atoms with van der Waals surface area (Å²) < 4.78 is 5.08. The van der Waals surface area contributed by atoms with E-state index in [0.717, 1.165) is 5.56 Å². The first-order valence-corrected chi connectivity index (χ1v) is 7.07. The molecule has 5 heteroatoms. The van der Waals surface area contributed by atoms with Crippen molar-refractivity contribution in [1.82, 2.24) is 5.32 Å². The van der Waals surface area contributed by atoms with E-state index in [4.69, 9.17) is 16.3 Å². The minimum atomic E-state index is -0.867. The summed E-state index contributed by atoms with van der Waals surface area (Å²) in [6.45, 7) is 5.30. The molecule has 2 atom stereocenters. The Morgan fingerprint density at radius 2 is 1.95 bits per heavy atom. The van der Waals surface area contributed by atoms with Crippen LogP contribution in [-0.2, 0) is 11.2 Å². The quantitative estimate of drug-likeness (QED) is 0.649. The number of aliphatic hydroxyl groups is 1. The molecule has 0 radical (unpaired) electrons. The number of alkyl halides is 1. The van der Waals surface area contributed by atoms with E-state index < -0.39 is 23.3 Å². The molecule has 20 heavy (non-hydrogen) atoms. The Kier molecular flexibility index (Phi) is 6.30. The van der Waals surface area contributed by atoms with Crippen LogP contribution in [0.4, 0.5) is 4.79 Å². The first-order valence-electron chi connectivity index (χ1n) is 6.63. The minimum Gasteiger partial charge on any atom is -0.444 e. The number of hydrogen-bond donors (Lipinski definition) is 2. The number of aryl methyl sites for hydroxylation is 1. The van der Waals surface area contributed by atoms with Crippen LogP contribution < -0.4 is 5.32 Å². The van der Waals surface area contributed by atoms with E-state index in [1.807, 2.05) is 30.3 Å². The summed E-state index contributed by atoms with van der Waals surface area (Å²) in [5.74, 6) is 0. The molecule has 1 aromatic carbocycles. The van der Waals surface area contributed by atoms with Crippen LogP contribution >= 0.6 is 11.6 Å². The zero-order valence-corrected chi connectivity index (χ0v) is 12.9. The molecule has 0 aromatic heterocycles. The second-order valence-electron chi connectivity index (χ2n) is 5.64. The molecular formula is C15H22ClNO3. The van der Waals surface area contributed by atoms with Crippen LogP contribution in [0.2, 0.25) is 0 Å². The van der Waals surface area contributed by atoms with Crippen molar-refractivity contribution in [2.75, 3.05) is 0 Å². The fourth-order valence-corrected chi connectivity index (χ4v) is 1.84. The molecule has 0 spiro atoms. The predicted octanol–water partition coefficient (Wildman–Crippen LogP) is 3.07. The lowest BCUT2D eigenvalue weighted by Crippen LogP contribution is -2.42. The fraction of sp³-hybridized carbons (Fsp3) is 0.533. The average molecular weight is 300 g/mol. The van der Waals surface area contributed by atoms with Gasteiger partial charge in [-0.1, -0.05) is 41.9 Å². The predicted molar refractivity (Wildman–Crippen MR) is 79.8 cm³/mol. The van der Waals surface area contributed by atoms with E-state index >= 15 is 0 Å². The molecule has 0 aliphatic rings. The summed E-state index contributed by atoms with van der Waals surface area (Å²) in [4.78, 5) is 11.5. The number of aliphatic hydroxyl groups excluding tert-OH is 1. The molecule has 0 bridgehead atoms. The number of carbonyl (C=O) groups is 1. The molecule has 112 valence electrons. The van der Waals surface area contributed by atoms with Gasteiger partial charge in [0.15, 0.2) is 0 Å². The topological polar surface area (TPSA) is 58.6 Å². The van der Waals surface area contributed by atoms with Crippen LogP contribution in [0.5, 0.6) is 0 Å². The number of carbonyl (C=O) groups excluding carboxylic acids is 1. The van der Waals surface area contributed by atoms with Crippen molar-refractivity contribution >= 4 is 17.7 Å². The fourth-order valence-electron chi connectivity index (χ4n) is 1.62. The van der Waals surface area contributed by atoms with Crippen molar-refractivity contribution in [3.63, 3.8) is 0 Å². The van der Waals surface area contributed by atoms with Gasteiger partial charge in [-0.15, -0.1) is 0 Å². The third-order valence-corrected chi connectivity index (χ3v) is 2.96. The maximum atomic E-state index is 11.5. The number of halogens is 1. The monoisotopic (exact) mass is 299 g/mol. The van der Waals surface area contributed by atoms with Crippen LogP contribution in [0.1, 0.15) is 32.8 Å². The second kappa shape index (κ2) is 7.50.